The van der Waals surface area contributed by atoms with Crippen LogP contribution in [0.1, 0.15) is 11.1 Å². The molecule has 0 bridgehead atoms. The van der Waals surface area contributed by atoms with Crippen molar-refractivity contribution in [1.82, 2.24) is 9.97 Å². The summed E-state index contributed by atoms with van der Waals surface area (Å²) in [6, 6.07) is 18.8. The summed E-state index contributed by atoms with van der Waals surface area (Å²) in [7, 11) is 0. The number of hydrogen-bond acceptors (Lipinski definition) is 2. The Morgan fingerprint density at radius 1 is 0.960 bits per heavy atom. The molecule has 0 atom stereocenters. The van der Waals surface area contributed by atoms with Crippen molar-refractivity contribution in [2.24, 2.45) is 0 Å². The zero-order chi connectivity index (χ0) is 17.2. The Bertz CT molecular complexity index is 1120. The van der Waals surface area contributed by atoms with E-state index in [1.807, 2.05) is 24.4 Å². The molecule has 0 N–H and O–H groups in total. The number of rotatable bonds is 3. The molecule has 0 saturated heterocycles. The molecule has 0 aliphatic heterocycles. The summed E-state index contributed by atoms with van der Waals surface area (Å²) in [6.07, 6.45) is 7.63. The molecular formula is C23H18N2. The largest absolute Gasteiger partial charge is 0.252 e. The van der Waals surface area contributed by atoms with Crippen molar-refractivity contribution in [2.75, 3.05) is 0 Å². The van der Waals surface area contributed by atoms with E-state index in [0.29, 0.717) is 0 Å². The van der Waals surface area contributed by atoms with Gasteiger partial charge in [-0.1, -0.05) is 73.3 Å². The maximum absolute atomic E-state index is 4.96. The molecule has 0 fully saturated rings. The van der Waals surface area contributed by atoms with Gasteiger partial charge in [-0.25, -0.2) is 4.98 Å². The van der Waals surface area contributed by atoms with Crippen molar-refractivity contribution in [3.8, 4) is 11.3 Å². The van der Waals surface area contributed by atoms with E-state index in [2.05, 4.69) is 67.0 Å². The monoisotopic (exact) mass is 322 g/mol. The van der Waals surface area contributed by atoms with Crippen LogP contribution in [0.3, 0.4) is 0 Å². The van der Waals surface area contributed by atoms with Gasteiger partial charge in [0.25, 0.3) is 0 Å². The number of allylic oxidation sites excluding steroid dienone is 2. The predicted octanol–water partition coefficient (Wildman–Crippen LogP) is 5.96. The number of hydrogen-bond donors (Lipinski definition) is 0. The quantitative estimate of drug-likeness (QED) is 0.435. The Morgan fingerprint density at radius 2 is 1.80 bits per heavy atom. The van der Waals surface area contributed by atoms with E-state index in [0.717, 1.165) is 27.9 Å². The summed E-state index contributed by atoms with van der Waals surface area (Å²) >= 11 is 0. The van der Waals surface area contributed by atoms with Crippen LogP contribution in [0.4, 0.5) is 0 Å². The van der Waals surface area contributed by atoms with Crippen LogP contribution in [0.5, 0.6) is 0 Å². The molecule has 3 aromatic carbocycles. The number of aryl methyl sites for hydroxylation is 1. The first-order chi connectivity index (χ1) is 12.3. The summed E-state index contributed by atoms with van der Waals surface area (Å²) in [5.41, 5.74) is 6.08. The molecule has 0 spiro atoms. The first-order valence-corrected chi connectivity index (χ1v) is 8.31. The summed E-state index contributed by atoms with van der Waals surface area (Å²) in [4.78, 5) is 9.61. The van der Waals surface area contributed by atoms with Crippen LogP contribution >= 0.6 is 0 Å². The molecule has 0 radical (unpaired) electrons. The van der Waals surface area contributed by atoms with Gasteiger partial charge in [0.15, 0.2) is 0 Å². The smallest absolute Gasteiger partial charge is 0.0969 e. The molecule has 4 aromatic rings. The Kier molecular flexibility index (Phi) is 3.87. The van der Waals surface area contributed by atoms with Gasteiger partial charge in [-0.2, -0.15) is 0 Å². The van der Waals surface area contributed by atoms with E-state index in [9.17, 15) is 0 Å². The Labute approximate surface area is 147 Å². The summed E-state index contributed by atoms with van der Waals surface area (Å²) in [5.74, 6) is 0. The lowest BCUT2D eigenvalue weighted by Crippen LogP contribution is -1.93. The van der Waals surface area contributed by atoms with E-state index in [4.69, 9.17) is 4.98 Å². The zero-order valence-electron chi connectivity index (χ0n) is 14.1. The van der Waals surface area contributed by atoms with Crippen LogP contribution in [0.2, 0.25) is 0 Å². The minimum Gasteiger partial charge on any atom is -0.252 e. The Balaban J connectivity index is 2.00. The highest BCUT2D eigenvalue weighted by Gasteiger charge is 2.09. The molecule has 25 heavy (non-hydrogen) atoms. The maximum atomic E-state index is 4.96. The van der Waals surface area contributed by atoms with Crippen molar-refractivity contribution in [3.05, 3.63) is 90.7 Å². The van der Waals surface area contributed by atoms with Gasteiger partial charge in [0.05, 0.1) is 22.9 Å². The van der Waals surface area contributed by atoms with Gasteiger partial charge in [0.1, 0.15) is 0 Å². The second-order valence-electron chi connectivity index (χ2n) is 6.04. The van der Waals surface area contributed by atoms with Crippen LogP contribution in [-0.2, 0) is 0 Å². The lowest BCUT2D eigenvalue weighted by molar-refractivity contribution is 1.28. The summed E-state index contributed by atoms with van der Waals surface area (Å²) in [6.45, 7) is 5.85. The van der Waals surface area contributed by atoms with Crippen LogP contribution in [0.15, 0.2) is 79.5 Å². The SMILES string of the molecule is C=C/C=C\c1c(C)ccc2ncc(-c3cccc4ccccc34)nc12. The van der Waals surface area contributed by atoms with Crippen molar-refractivity contribution < 1.29 is 0 Å². The molecule has 2 nitrogen and oxygen atoms in total. The number of fused-ring (bicyclic) bond motifs is 2. The topological polar surface area (TPSA) is 25.8 Å². The second kappa shape index (κ2) is 6.33. The van der Waals surface area contributed by atoms with Crippen molar-refractivity contribution >= 4 is 27.9 Å². The van der Waals surface area contributed by atoms with Gasteiger partial charge in [0.2, 0.25) is 0 Å². The van der Waals surface area contributed by atoms with Gasteiger partial charge in [-0.15, -0.1) is 0 Å². The fourth-order valence-electron chi connectivity index (χ4n) is 3.15. The third kappa shape index (κ3) is 2.72. The molecule has 4 rings (SSSR count). The first kappa shape index (κ1) is 15.3. The van der Waals surface area contributed by atoms with Gasteiger partial charge in [-0.3, -0.25) is 4.98 Å². The highest BCUT2D eigenvalue weighted by atomic mass is 14.8. The first-order valence-electron chi connectivity index (χ1n) is 8.31. The standard InChI is InChI=1S/C23H18N2/c1-3-4-10-18-16(2)13-14-21-23(18)25-22(15-24-21)20-12-7-9-17-8-5-6-11-19(17)20/h3-15H,1H2,2H3/b10-4-. The van der Waals surface area contributed by atoms with Gasteiger partial charge in [0, 0.05) is 11.1 Å². The lowest BCUT2D eigenvalue weighted by Gasteiger charge is -2.09. The minimum absolute atomic E-state index is 0.892. The molecular weight excluding hydrogens is 304 g/mol. The summed E-state index contributed by atoms with van der Waals surface area (Å²) < 4.78 is 0. The third-order valence-corrected chi connectivity index (χ3v) is 4.44. The average molecular weight is 322 g/mol. The van der Waals surface area contributed by atoms with Crippen molar-refractivity contribution in [1.29, 1.82) is 0 Å². The van der Waals surface area contributed by atoms with Crippen molar-refractivity contribution in [2.45, 2.75) is 6.92 Å². The molecule has 0 saturated carbocycles. The predicted molar refractivity (Wildman–Crippen MR) is 106 cm³/mol. The zero-order valence-corrected chi connectivity index (χ0v) is 14.1. The highest BCUT2D eigenvalue weighted by Crippen LogP contribution is 2.29. The van der Waals surface area contributed by atoms with E-state index in [1.165, 1.54) is 16.3 Å². The maximum Gasteiger partial charge on any atom is 0.0969 e. The normalized spacial score (nSPS) is 11.4. The molecule has 2 heteroatoms. The van der Waals surface area contributed by atoms with Crippen LogP contribution in [0, 0.1) is 6.92 Å². The number of nitrogens with zero attached hydrogens (tertiary/aromatic N) is 2. The van der Waals surface area contributed by atoms with Crippen LogP contribution < -0.4 is 0 Å². The lowest BCUT2D eigenvalue weighted by atomic mass is 10.0. The van der Waals surface area contributed by atoms with E-state index in [1.54, 1.807) is 6.08 Å². The number of benzene rings is 3. The molecule has 0 unspecified atom stereocenters. The van der Waals surface area contributed by atoms with Crippen LogP contribution in [-0.4, -0.2) is 9.97 Å². The molecule has 0 aliphatic carbocycles. The Morgan fingerprint density at radius 3 is 2.68 bits per heavy atom. The van der Waals surface area contributed by atoms with E-state index in [-0.39, 0.29) is 0 Å². The minimum atomic E-state index is 0.892. The van der Waals surface area contributed by atoms with Gasteiger partial charge >= 0.3 is 0 Å². The Hall–Kier alpha value is -3.26. The molecule has 0 aliphatic rings. The molecule has 1 aromatic heterocycles. The fraction of sp³-hybridized carbons (Fsp3) is 0.0435. The van der Waals surface area contributed by atoms with E-state index < -0.39 is 0 Å². The molecule has 1 heterocycles. The third-order valence-electron chi connectivity index (χ3n) is 4.44. The second-order valence-corrected chi connectivity index (χ2v) is 6.04. The fourth-order valence-corrected chi connectivity index (χ4v) is 3.15. The average Bonchev–Trinajstić information content (AvgIpc) is 2.66. The summed E-state index contributed by atoms with van der Waals surface area (Å²) in [5, 5.41) is 2.40. The van der Waals surface area contributed by atoms with Gasteiger partial charge < -0.3 is 0 Å². The molecule has 0 amide bonds. The van der Waals surface area contributed by atoms with Crippen molar-refractivity contribution in [3.63, 3.8) is 0 Å². The molecule has 120 valence electrons. The van der Waals surface area contributed by atoms with Crippen LogP contribution in [0.25, 0.3) is 39.1 Å². The van der Waals surface area contributed by atoms with E-state index >= 15 is 0 Å². The van der Waals surface area contributed by atoms with Gasteiger partial charge in [-0.05, 0) is 29.3 Å². The highest BCUT2D eigenvalue weighted by molar-refractivity contribution is 5.97. The number of aromatic nitrogens is 2.